The number of rotatable bonds is 7. The molecule has 0 unspecified atom stereocenters. The van der Waals surface area contributed by atoms with Gasteiger partial charge in [-0.3, -0.25) is 0 Å². The summed E-state index contributed by atoms with van der Waals surface area (Å²) < 4.78 is 0. The van der Waals surface area contributed by atoms with E-state index in [9.17, 15) is 0 Å². The third-order valence-electron chi connectivity index (χ3n) is 4.65. The fourth-order valence-corrected chi connectivity index (χ4v) is 3.50. The molecular formula is C23H22N2OS. The van der Waals surface area contributed by atoms with E-state index in [4.69, 9.17) is 17.1 Å². The van der Waals surface area contributed by atoms with Crippen molar-refractivity contribution in [3.8, 4) is 0 Å². The van der Waals surface area contributed by atoms with Gasteiger partial charge in [-0.15, -0.1) is 5.06 Å². The number of H-pyrrole nitrogens is 1. The lowest BCUT2D eigenvalue weighted by Crippen LogP contribution is -2.26. The lowest BCUT2D eigenvalue weighted by Gasteiger charge is -2.24. The topological polar surface area (TPSA) is 28.3 Å². The van der Waals surface area contributed by atoms with Crippen LogP contribution in [0.3, 0.4) is 0 Å². The van der Waals surface area contributed by atoms with Crippen molar-refractivity contribution in [3.63, 3.8) is 0 Å². The fraction of sp³-hybridized carbons (Fsp3) is 0.174. The van der Waals surface area contributed by atoms with Crippen molar-refractivity contribution >= 4 is 28.0 Å². The lowest BCUT2D eigenvalue weighted by atomic mass is 10.1. The maximum Gasteiger partial charge on any atom is 0.148 e. The highest BCUT2D eigenvalue weighted by molar-refractivity contribution is 7.80. The first-order valence-electron chi connectivity index (χ1n) is 9.21. The predicted molar refractivity (Wildman–Crippen MR) is 114 cm³/mol. The number of thiocarbonyl (C=S) groups is 1. The first-order chi connectivity index (χ1) is 13.3. The van der Waals surface area contributed by atoms with Crippen LogP contribution in [0.25, 0.3) is 10.9 Å². The Morgan fingerprint density at radius 3 is 2.70 bits per heavy atom. The number of hydrogen-bond donors (Lipinski definition) is 1. The third-order valence-corrected chi connectivity index (χ3v) is 4.93. The molecule has 0 saturated heterocycles. The molecule has 1 N–H and O–H groups in total. The summed E-state index contributed by atoms with van der Waals surface area (Å²) in [6.07, 6.45) is 9.81. The summed E-state index contributed by atoms with van der Waals surface area (Å²) >= 11 is 5.32. The molecule has 0 atom stereocenters. The minimum atomic E-state index is 0.723. The molecule has 0 amide bonds. The van der Waals surface area contributed by atoms with Gasteiger partial charge in [0.1, 0.15) is 5.76 Å². The maximum atomic E-state index is 6.19. The Labute approximate surface area is 164 Å². The van der Waals surface area contributed by atoms with Crippen molar-refractivity contribution in [1.82, 2.24) is 10.0 Å². The number of aromatic nitrogens is 1. The van der Waals surface area contributed by atoms with Crippen LogP contribution in [-0.4, -0.2) is 21.5 Å². The summed E-state index contributed by atoms with van der Waals surface area (Å²) in [4.78, 5) is 10.4. The molecule has 1 aromatic heterocycles. The van der Waals surface area contributed by atoms with Gasteiger partial charge >= 0.3 is 0 Å². The van der Waals surface area contributed by atoms with Gasteiger partial charge in [-0.1, -0.05) is 66.8 Å². The van der Waals surface area contributed by atoms with Crippen molar-refractivity contribution in [2.45, 2.75) is 19.4 Å². The quantitative estimate of drug-likeness (QED) is 0.446. The SMILES string of the molecule is S=C1C=C(ON(CCc2c[nH]c3ccccc23)Cc2ccccc2)C=CC1. The molecular weight excluding hydrogens is 352 g/mol. The first kappa shape index (κ1) is 17.7. The van der Waals surface area contributed by atoms with Gasteiger partial charge in [-0.2, -0.15) is 0 Å². The standard InChI is InChI=1S/C23H22N2OS/c27-21-10-6-9-20(15-21)26-25(17-18-7-2-1-3-8-18)14-13-19-16-24-23-12-5-4-11-22(19)23/h1-9,11-12,15-16,24H,10,13-14,17H2. The minimum Gasteiger partial charge on any atom is -0.406 e. The molecule has 0 bridgehead atoms. The number of benzene rings is 2. The monoisotopic (exact) mass is 374 g/mol. The van der Waals surface area contributed by atoms with Crippen LogP contribution >= 0.6 is 12.2 Å². The van der Waals surface area contributed by atoms with Crippen LogP contribution in [0.1, 0.15) is 17.5 Å². The molecule has 2 aromatic carbocycles. The van der Waals surface area contributed by atoms with Crippen LogP contribution in [-0.2, 0) is 17.8 Å². The number of para-hydroxylation sites is 1. The highest BCUT2D eigenvalue weighted by Crippen LogP contribution is 2.20. The van der Waals surface area contributed by atoms with Gasteiger partial charge in [0, 0.05) is 34.9 Å². The molecule has 0 spiro atoms. The molecule has 3 nitrogen and oxygen atoms in total. The lowest BCUT2D eigenvalue weighted by molar-refractivity contribution is -0.122. The number of hydrogen-bond acceptors (Lipinski definition) is 3. The summed E-state index contributed by atoms with van der Waals surface area (Å²) in [6, 6.07) is 18.8. The van der Waals surface area contributed by atoms with Gasteiger partial charge in [-0.05, 0) is 35.8 Å². The van der Waals surface area contributed by atoms with Gasteiger partial charge in [0.2, 0.25) is 0 Å². The number of nitrogens with zero attached hydrogens (tertiary/aromatic N) is 1. The van der Waals surface area contributed by atoms with Crippen molar-refractivity contribution in [2.24, 2.45) is 0 Å². The Kier molecular flexibility index (Phi) is 5.47. The van der Waals surface area contributed by atoms with E-state index in [1.165, 1.54) is 22.0 Å². The van der Waals surface area contributed by atoms with Crippen LogP contribution < -0.4 is 0 Å². The Bertz CT molecular complexity index is 988. The number of nitrogens with one attached hydrogen (secondary N) is 1. The number of aromatic amines is 1. The molecule has 1 aliphatic carbocycles. The van der Waals surface area contributed by atoms with E-state index in [1.54, 1.807) is 0 Å². The van der Waals surface area contributed by atoms with E-state index < -0.39 is 0 Å². The van der Waals surface area contributed by atoms with Gasteiger partial charge in [-0.25, -0.2) is 0 Å². The van der Waals surface area contributed by atoms with Crippen molar-refractivity contribution < 1.29 is 4.84 Å². The molecule has 1 aliphatic rings. The summed E-state index contributed by atoms with van der Waals surface area (Å²) in [5, 5.41) is 3.29. The molecule has 0 saturated carbocycles. The van der Waals surface area contributed by atoms with Crippen molar-refractivity contribution in [2.75, 3.05) is 6.54 Å². The first-order valence-corrected chi connectivity index (χ1v) is 9.62. The molecule has 0 radical (unpaired) electrons. The molecule has 136 valence electrons. The zero-order valence-electron chi connectivity index (χ0n) is 15.1. The average molecular weight is 375 g/mol. The summed E-state index contributed by atoms with van der Waals surface area (Å²) in [5.41, 5.74) is 3.70. The number of allylic oxidation sites excluding steroid dienone is 3. The average Bonchev–Trinajstić information content (AvgIpc) is 3.10. The minimum absolute atomic E-state index is 0.723. The van der Waals surface area contributed by atoms with Crippen LogP contribution in [0.15, 0.2) is 84.8 Å². The second kappa shape index (κ2) is 8.33. The molecule has 4 rings (SSSR count). The maximum absolute atomic E-state index is 6.19. The summed E-state index contributed by atoms with van der Waals surface area (Å²) in [6.45, 7) is 1.51. The number of hydroxylamine groups is 2. The Hall–Kier alpha value is -2.69. The molecule has 1 heterocycles. The molecule has 0 fully saturated rings. The third kappa shape index (κ3) is 4.54. The molecule has 27 heavy (non-hydrogen) atoms. The molecule has 4 heteroatoms. The van der Waals surface area contributed by atoms with Gasteiger partial charge in [0.25, 0.3) is 0 Å². The Morgan fingerprint density at radius 2 is 1.85 bits per heavy atom. The second-order valence-electron chi connectivity index (χ2n) is 6.67. The van der Waals surface area contributed by atoms with Crippen LogP contribution in [0.4, 0.5) is 0 Å². The fourth-order valence-electron chi connectivity index (χ4n) is 3.29. The van der Waals surface area contributed by atoms with Crippen LogP contribution in [0.5, 0.6) is 0 Å². The van der Waals surface area contributed by atoms with E-state index in [0.29, 0.717) is 0 Å². The van der Waals surface area contributed by atoms with E-state index in [1.807, 2.05) is 23.3 Å². The summed E-state index contributed by atoms with van der Waals surface area (Å²) in [7, 11) is 0. The van der Waals surface area contributed by atoms with Crippen LogP contribution in [0, 0.1) is 0 Å². The molecule has 0 aliphatic heterocycles. The van der Waals surface area contributed by atoms with Gasteiger partial charge in [0.05, 0.1) is 6.54 Å². The highest BCUT2D eigenvalue weighted by atomic mass is 32.1. The predicted octanol–water partition coefficient (Wildman–Crippen LogP) is 5.36. The zero-order valence-corrected chi connectivity index (χ0v) is 15.9. The summed E-state index contributed by atoms with van der Waals surface area (Å²) in [5.74, 6) is 0.807. The Morgan fingerprint density at radius 1 is 1.04 bits per heavy atom. The normalized spacial score (nSPS) is 14.0. The van der Waals surface area contributed by atoms with Crippen molar-refractivity contribution in [1.29, 1.82) is 0 Å². The van der Waals surface area contributed by atoms with Gasteiger partial charge < -0.3 is 9.82 Å². The number of fused-ring (bicyclic) bond motifs is 1. The van der Waals surface area contributed by atoms with Gasteiger partial charge in [0.15, 0.2) is 0 Å². The van der Waals surface area contributed by atoms with E-state index in [2.05, 4.69) is 65.8 Å². The Balaban J connectivity index is 1.50. The highest BCUT2D eigenvalue weighted by Gasteiger charge is 2.13. The van der Waals surface area contributed by atoms with E-state index >= 15 is 0 Å². The molecule has 3 aromatic rings. The van der Waals surface area contributed by atoms with E-state index in [-0.39, 0.29) is 0 Å². The van der Waals surface area contributed by atoms with E-state index in [0.717, 1.165) is 36.6 Å². The zero-order chi connectivity index (χ0) is 18.5. The van der Waals surface area contributed by atoms with Crippen LogP contribution in [0.2, 0.25) is 0 Å². The smallest absolute Gasteiger partial charge is 0.148 e. The largest absolute Gasteiger partial charge is 0.406 e. The second-order valence-corrected chi connectivity index (χ2v) is 7.19. The van der Waals surface area contributed by atoms with Crippen molar-refractivity contribution in [3.05, 3.63) is 95.9 Å².